The summed E-state index contributed by atoms with van der Waals surface area (Å²) in [6, 6.07) is 7.45. The fourth-order valence-corrected chi connectivity index (χ4v) is 4.30. The summed E-state index contributed by atoms with van der Waals surface area (Å²) in [6.07, 6.45) is 2.92. The summed E-state index contributed by atoms with van der Waals surface area (Å²) in [5.74, 6) is -0.216. The molecular weight excluding hydrogens is 493 g/mol. The van der Waals surface area contributed by atoms with E-state index >= 15 is 0 Å². The molecule has 194 valence electrons. The van der Waals surface area contributed by atoms with Crippen molar-refractivity contribution in [3.63, 3.8) is 0 Å². The first-order chi connectivity index (χ1) is 17.2. The zero-order valence-corrected chi connectivity index (χ0v) is 21.2. The topological polar surface area (TPSA) is 162 Å². The summed E-state index contributed by atoms with van der Waals surface area (Å²) in [5, 5.41) is 2.55. The molecule has 0 spiro atoms. The molecule has 0 fully saturated rings. The van der Waals surface area contributed by atoms with Crippen molar-refractivity contribution in [3.8, 4) is 5.75 Å². The van der Waals surface area contributed by atoms with Gasteiger partial charge in [0.25, 0.3) is 5.56 Å². The Morgan fingerprint density at radius 3 is 2.75 bits per heavy atom. The molecular formula is C21H28N7O7P. The van der Waals surface area contributed by atoms with Crippen LogP contribution in [0.25, 0.3) is 11.2 Å². The van der Waals surface area contributed by atoms with Crippen molar-refractivity contribution < 1.29 is 27.9 Å². The first-order valence-corrected chi connectivity index (χ1v) is 12.3. The zero-order valence-electron chi connectivity index (χ0n) is 20.3. The predicted octanol–water partition coefficient (Wildman–Crippen LogP) is 1.67. The Hall–Kier alpha value is -3.58. The monoisotopic (exact) mass is 521 g/mol. The van der Waals surface area contributed by atoms with Crippen LogP contribution in [0, 0.1) is 0 Å². The lowest BCUT2D eigenvalue weighted by Crippen LogP contribution is -2.34. The van der Waals surface area contributed by atoms with Gasteiger partial charge in [0, 0.05) is 14.1 Å². The van der Waals surface area contributed by atoms with Gasteiger partial charge in [-0.05, 0) is 19.1 Å². The van der Waals surface area contributed by atoms with E-state index in [1.807, 2.05) is 0 Å². The van der Waals surface area contributed by atoms with Crippen LogP contribution in [0.2, 0.25) is 0 Å². The average molecular weight is 521 g/mol. The van der Waals surface area contributed by atoms with Crippen LogP contribution in [0.15, 0.2) is 46.4 Å². The number of fused-ring (bicyclic) bond motifs is 1. The Labute approximate surface area is 206 Å². The quantitative estimate of drug-likeness (QED) is 0.111. The van der Waals surface area contributed by atoms with Crippen molar-refractivity contribution in [3.05, 3.63) is 47.0 Å². The number of methoxy groups -OCH3 is 1. The highest BCUT2D eigenvalue weighted by molar-refractivity contribution is 7.52. The van der Waals surface area contributed by atoms with Crippen LogP contribution in [-0.4, -0.2) is 77.2 Å². The molecule has 0 amide bonds. The summed E-state index contributed by atoms with van der Waals surface area (Å²) in [4.78, 5) is 40.7. The third-order valence-corrected chi connectivity index (χ3v) is 6.15. The molecule has 2 atom stereocenters. The number of nitrogens with zero attached hydrogens (tertiary/aromatic N) is 5. The van der Waals surface area contributed by atoms with Gasteiger partial charge in [-0.1, -0.05) is 18.2 Å². The standard InChI is InChI=1S/C21H28N7O7P/c1-15(20(30)32-4)26-36(31,35-16-8-6-5-7-9-16)34-11-10-33-14-28-13-22-17-18(28)24-21(25-19(17)29)23-12-27(2)3/h5-9,12-13,15H,10-11,14H2,1-4H3,(H,26,31)(H,24,25,29)/b23-12+/t15-,36?/m0/s1. The highest BCUT2D eigenvalue weighted by Crippen LogP contribution is 2.44. The van der Waals surface area contributed by atoms with Gasteiger partial charge in [0.05, 0.1) is 33.0 Å². The molecule has 0 saturated heterocycles. The van der Waals surface area contributed by atoms with E-state index < -0.39 is 25.3 Å². The number of imidazole rings is 1. The smallest absolute Gasteiger partial charge is 0.459 e. The number of para-hydroxylation sites is 1. The lowest BCUT2D eigenvalue weighted by atomic mass is 10.3. The van der Waals surface area contributed by atoms with Crippen molar-refractivity contribution >= 4 is 37.2 Å². The maximum Gasteiger partial charge on any atom is 0.459 e. The molecule has 14 nitrogen and oxygen atoms in total. The van der Waals surface area contributed by atoms with Gasteiger partial charge in [0.1, 0.15) is 18.5 Å². The minimum Gasteiger partial charge on any atom is -0.468 e. The summed E-state index contributed by atoms with van der Waals surface area (Å²) in [6.45, 7) is 1.33. The van der Waals surface area contributed by atoms with E-state index in [0.29, 0.717) is 5.75 Å². The molecule has 2 N–H and O–H groups in total. The van der Waals surface area contributed by atoms with E-state index in [1.54, 1.807) is 49.3 Å². The van der Waals surface area contributed by atoms with Gasteiger partial charge in [0.15, 0.2) is 11.2 Å². The number of ether oxygens (including phenoxy) is 2. The zero-order chi connectivity index (χ0) is 26.1. The first kappa shape index (κ1) is 27.0. The molecule has 0 saturated carbocycles. The lowest BCUT2D eigenvalue weighted by Gasteiger charge is -2.22. The molecule has 36 heavy (non-hydrogen) atoms. The Bertz CT molecular complexity index is 1290. The number of benzene rings is 1. The molecule has 3 aromatic rings. The number of aromatic nitrogens is 4. The Morgan fingerprint density at radius 2 is 2.06 bits per heavy atom. The second kappa shape index (κ2) is 12.4. The number of H-pyrrole nitrogens is 1. The highest BCUT2D eigenvalue weighted by Gasteiger charge is 2.31. The number of aromatic amines is 1. The molecule has 0 aliphatic rings. The van der Waals surface area contributed by atoms with Crippen LogP contribution in [0.3, 0.4) is 0 Å². The van der Waals surface area contributed by atoms with Crippen LogP contribution >= 0.6 is 7.75 Å². The molecule has 0 aliphatic heterocycles. The lowest BCUT2D eigenvalue weighted by molar-refractivity contribution is -0.142. The van der Waals surface area contributed by atoms with Crippen LogP contribution in [0.5, 0.6) is 5.75 Å². The molecule has 0 aliphatic carbocycles. The minimum absolute atomic E-state index is 0.00489. The highest BCUT2D eigenvalue weighted by atomic mass is 31.2. The molecule has 15 heteroatoms. The van der Waals surface area contributed by atoms with Crippen molar-refractivity contribution in [2.45, 2.75) is 19.7 Å². The van der Waals surface area contributed by atoms with E-state index in [0.717, 1.165) is 0 Å². The maximum absolute atomic E-state index is 13.3. The van der Waals surface area contributed by atoms with Crippen molar-refractivity contribution in [2.24, 2.45) is 4.99 Å². The van der Waals surface area contributed by atoms with E-state index in [-0.39, 0.29) is 37.1 Å². The number of nitrogens with one attached hydrogen (secondary N) is 2. The number of aliphatic imine (C=N–C) groups is 1. The van der Waals surface area contributed by atoms with Crippen LogP contribution in [0.4, 0.5) is 5.95 Å². The minimum atomic E-state index is -3.96. The van der Waals surface area contributed by atoms with Crippen molar-refractivity contribution in [2.75, 3.05) is 34.4 Å². The second-order valence-electron chi connectivity index (χ2n) is 7.63. The number of hydrogen-bond acceptors (Lipinski definition) is 10. The van der Waals surface area contributed by atoms with Gasteiger partial charge in [0.2, 0.25) is 5.95 Å². The largest absolute Gasteiger partial charge is 0.468 e. The van der Waals surface area contributed by atoms with E-state index in [4.69, 9.17) is 13.8 Å². The van der Waals surface area contributed by atoms with Crippen LogP contribution < -0.4 is 15.2 Å². The van der Waals surface area contributed by atoms with E-state index in [9.17, 15) is 14.2 Å². The molecule has 3 rings (SSSR count). The number of rotatable bonds is 13. The van der Waals surface area contributed by atoms with Crippen LogP contribution in [-0.2, 0) is 30.1 Å². The molecule has 0 bridgehead atoms. The van der Waals surface area contributed by atoms with Gasteiger partial charge in [-0.3, -0.25) is 23.7 Å². The third kappa shape index (κ3) is 7.46. The Kier molecular flexibility index (Phi) is 9.31. The van der Waals surface area contributed by atoms with Crippen molar-refractivity contribution in [1.82, 2.24) is 29.5 Å². The number of esters is 1. The van der Waals surface area contributed by atoms with Gasteiger partial charge in [-0.15, -0.1) is 0 Å². The summed E-state index contributed by atoms with van der Waals surface area (Å²) in [7, 11) is 0.835. The van der Waals surface area contributed by atoms with Crippen LogP contribution in [0.1, 0.15) is 6.92 Å². The predicted molar refractivity (Wildman–Crippen MR) is 131 cm³/mol. The third-order valence-electron chi connectivity index (χ3n) is 4.47. The molecule has 2 heterocycles. The number of carbonyl (C=O) groups excluding carboxylic acids is 1. The number of hydrogen-bond donors (Lipinski definition) is 2. The van der Waals surface area contributed by atoms with E-state index in [2.05, 4.69) is 29.8 Å². The summed E-state index contributed by atoms with van der Waals surface area (Å²) in [5.41, 5.74) is -0.00423. The Balaban J connectivity index is 1.62. The fourth-order valence-electron chi connectivity index (χ4n) is 2.82. The maximum atomic E-state index is 13.3. The second-order valence-corrected chi connectivity index (χ2v) is 9.32. The van der Waals surface area contributed by atoms with Gasteiger partial charge < -0.3 is 18.9 Å². The SMILES string of the molecule is COC(=O)[C@H](C)NP(=O)(OCCOCn1cnc2c(=O)[nH]c(/N=C/N(C)C)nc21)Oc1ccccc1. The van der Waals surface area contributed by atoms with Gasteiger partial charge in [-0.25, -0.2) is 14.5 Å². The van der Waals surface area contributed by atoms with Crippen molar-refractivity contribution in [1.29, 1.82) is 0 Å². The number of carbonyl (C=O) groups is 1. The molecule has 1 aromatic carbocycles. The normalized spacial score (nSPS) is 14.0. The fraction of sp³-hybridized carbons (Fsp3) is 0.381. The van der Waals surface area contributed by atoms with Gasteiger partial charge >= 0.3 is 13.7 Å². The molecule has 2 aromatic heterocycles. The summed E-state index contributed by atoms with van der Waals surface area (Å²) >= 11 is 0. The average Bonchev–Trinajstić information content (AvgIpc) is 3.26. The first-order valence-electron chi connectivity index (χ1n) is 10.8. The Morgan fingerprint density at radius 1 is 1.31 bits per heavy atom. The molecule has 1 unspecified atom stereocenters. The summed E-state index contributed by atoms with van der Waals surface area (Å²) < 4.78 is 36.0. The van der Waals surface area contributed by atoms with E-state index in [1.165, 1.54) is 31.3 Å². The molecule has 0 radical (unpaired) electrons. The van der Waals surface area contributed by atoms with Gasteiger partial charge in [-0.2, -0.15) is 10.1 Å².